The highest BCUT2D eigenvalue weighted by Crippen LogP contribution is 2.30. The fourth-order valence-electron chi connectivity index (χ4n) is 2.77. The Kier molecular flexibility index (Phi) is 6.99. The minimum Gasteiger partial charge on any atom is -0.539 e. The van der Waals surface area contributed by atoms with Crippen LogP contribution in [0.4, 0.5) is 0 Å². The Morgan fingerprint density at radius 2 is 1.11 bits per heavy atom. The molecule has 0 bridgehead atoms. The Morgan fingerprint density at radius 3 is 1.46 bits per heavy atom. The number of ether oxygens (including phenoxy) is 2. The van der Waals surface area contributed by atoms with Gasteiger partial charge in [0.25, 0.3) is 0 Å². The van der Waals surface area contributed by atoms with E-state index in [1.165, 1.54) is 10.8 Å². The predicted molar refractivity (Wildman–Crippen MR) is 124 cm³/mol. The lowest BCUT2D eigenvalue weighted by Gasteiger charge is -2.23. The molecule has 2 aromatic rings. The Morgan fingerprint density at radius 1 is 0.679 bits per heavy atom. The van der Waals surface area contributed by atoms with Crippen LogP contribution in [0.15, 0.2) is 54.3 Å². The van der Waals surface area contributed by atoms with E-state index in [1.807, 2.05) is 36.4 Å². The Labute approximate surface area is 171 Å². The summed E-state index contributed by atoms with van der Waals surface area (Å²) in [4.78, 5) is 0. The highest BCUT2D eigenvalue weighted by Gasteiger charge is 2.24. The molecule has 0 atom stereocenters. The lowest BCUT2D eigenvalue weighted by molar-refractivity contribution is 0.414. The standard InChI is InChI=1S/C23H32O3Si2/c1-24-20-13-9-18(10-14-20)22(26-28(6,7)8)17-23(27(3,4)5)19-11-15-21(25-2)16-12-19/h9-16H,1-8H3. The SMILES string of the molecule is COc1ccc(C(=C=C(c2ccc(OC)cc2)[Si](C)(C)C)O[Si](C)(C)C)cc1. The molecule has 0 amide bonds. The molecule has 2 aromatic carbocycles. The first kappa shape index (κ1) is 22.1. The maximum atomic E-state index is 6.47. The third kappa shape index (κ3) is 6.16. The molecular weight excluding hydrogens is 380 g/mol. The van der Waals surface area contributed by atoms with Crippen LogP contribution in [0.5, 0.6) is 11.5 Å². The molecule has 28 heavy (non-hydrogen) atoms. The molecule has 0 saturated carbocycles. The molecule has 5 heteroatoms. The van der Waals surface area contributed by atoms with Gasteiger partial charge in [0.05, 0.1) is 22.3 Å². The van der Waals surface area contributed by atoms with E-state index >= 15 is 0 Å². The lowest BCUT2D eigenvalue weighted by atomic mass is 10.1. The summed E-state index contributed by atoms with van der Waals surface area (Å²) >= 11 is 0. The van der Waals surface area contributed by atoms with Crippen LogP contribution >= 0.6 is 0 Å². The van der Waals surface area contributed by atoms with Gasteiger partial charge in [0.2, 0.25) is 8.32 Å². The van der Waals surface area contributed by atoms with Gasteiger partial charge in [-0.3, -0.25) is 0 Å². The molecule has 0 aliphatic carbocycles. The minimum absolute atomic E-state index is 0.815. The summed E-state index contributed by atoms with van der Waals surface area (Å²) < 4.78 is 17.1. The van der Waals surface area contributed by atoms with Crippen molar-refractivity contribution in [3.05, 3.63) is 65.4 Å². The Bertz CT molecular complexity index is 849. The monoisotopic (exact) mass is 412 g/mol. The summed E-state index contributed by atoms with van der Waals surface area (Å²) in [6.45, 7) is 13.6. The highest BCUT2D eigenvalue weighted by atomic mass is 28.4. The summed E-state index contributed by atoms with van der Waals surface area (Å²) in [6.07, 6.45) is 0. The van der Waals surface area contributed by atoms with Crippen LogP contribution < -0.4 is 9.47 Å². The normalized spacial score (nSPS) is 11.4. The summed E-state index contributed by atoms with van der Waals surface area (Å²) in [5.74, 6) is 2.51. The van der Waals surface area contributed by atoms with E-state index in [9.17, 15) is 0 Å². The minimum atomic E-state index is -1.82. The largest absolute Gasteiger partial charge is 0.539 e. The van der Waals surface area contributed by atoms with Gasteiger partial charge < -0.3 is 13.9 Å². The third-order valence-corrected chi connectivity index (χ3v) is 6.86. The summed E-state index contributed by atoms with van der Waals surface area (Å²) in [7, 11) is -0.138. The van der Waals surface area contributed by atoms with Crippen molar-refractivity contribution in [2.45, 2.75) is 39.3 Å². The van der Waals surface area contributed by atoms with Gasteiger partial charge in [0.1, 0.15) is 11.5 Å². The summed E-state index contributed by atoms with van der Waals surface area (Å²) in [5.41, 5.74) is 5.88. The Hall–Kier alpha value is -2.21. The smallest absolute Gasteiger partial charge is 0.243 e. The van der Waals surface area contributed by atoms with Crippen molar-refractivity contribution in [1.82, 2.24) is 0 Å². The maximum absolute atomic E-state index is 6.47. The molecule has 150 valence electrons. The molecule has 0 radical (unpaired) electrons. The van der Waals surface area contributed by atoms with E-state index in [0.717, 1.165) is 22.8 Å². The highest BCUT2D eigenvalue weighted by molar-refractivity contribution is 6.93. The van der Waals surface area contributed by atoms with E-state index in [2.05, 4.69) is 57.1 Å². The number of hydrogen-bond acceptors (Lipinski definition) is 3. The lowest BCUT2D eigenvalue weighted by Crippen LogP contribution is -2.25. The average molecular weight is 413 g/mol. The molecule has 0 heterocycles. The third-order valence-electron chi connectivity index (χ3n) is 4.13. The molecule has 2 rings (SSSR count). The molecule has 0 N–H and O–H groups in total. The number of hydrogen-bond donors (Lipinski definition) is 0. The molecule has 0 aromatic heterocycles. The van der Waals surface area contributed by atoms with Crippen molar-refractivity contribution in [3.8, 4) is 11.5 Å². The first-order chi connectivity index (χ1) is 13.0. The van der Waals surface area contributed by atoms with Crippen LogP contribution in [-0.2, 0) is 4.43 Å². The van der Waals surface area contributed by atoms with Crippen molar-refractivity contribution >= 4 is 27.3 Å². The van der Waals surface area contributed by atoms with Crippen LogP contribution in [0.2, 0.25) is 39.3 Å². The first-order valence-electron chi connectivity index (χ1n) is 9.53. The van der Waals surface area contributed by atoms with Gasteiger partial charge in [-0.15, -0.1) is 0 Å². The van der Waals surface area contributed by atoms with E-state index in [1.54, 1.807) is 14.2 Å². The zero-order chi connectivity index (χ0) is 20.9. The topological polar surface area (TPSA) is 27.7 Å². The van der Waals surface area contributed by atoms with Crippen LogP contribution in [0.1, 0.15) is 11.1 Å². The molecule has 3 nitrogen and oxygen atoms in total. The van der Waals surface area contributed by atoms with Crippen molar-refractivity contribution in [1.29, 1.82) is 0 Å². The Balaban J connectivity index is 2.71. The fourth-order valence-corrected chi connectivity index (χ4v) is 5.07. The second-order valence-electron chi connectivity index (χ2n) is 8.75. The van der Waals surface area contributed by atoms with E-state index in [-0.39, 0.29) is 0 Å². The van der Waals surface area contributed by atoms with E-state index in [4.69, 9.17) is 13.9 Å². The molecule has 0 fully saturated rings. The van der Waals surface area contributed by atoms with Crippen molar-refractivity contribution in [2.75, 3.05) is 14.2 Å². The second kappa shape index (κ2) is 8.86. The van der Waals surface area contributed by atoms with E-state index < -0.39 is 16.4 Å². The summed E-state index contributed by atoms with van der Waals surface area (Å²) in [5, 5.41) is 1.24. The van der Waals surface area contributed by atoms with Gasteiger partial charge in [0.15, 0.2) is 5.76 Å². The van der Waals surface area contributed by atoms with Crippen LogP contribution in [0, 0.1) is 0 Å². The van der Waals surface area contributed by atoms with Crippen LogP contribution in [0.3, 0.4) is 0 Å². The maximum Gasteiger partial charge on any atom is 0.243 e. The quantitative estimate of drug-likeness (QED) is 0.297. The number of rotatable bonds is 7. The van der Waals surface area contributed by atoms with Crippen molar-refractivity contribution in [3.63, 3.8) is 0 Å². The molecular formula is C23H32O3Si2. The van der Waals surface area contributed by atoms with Gasteiger partial charge in [-0.1, -0.05) is 37.5 Å². The zero-order valence-electron chi connectivity index (χ0n) is 18.3. The predicted octanol–water partition coefficient (Wildman–Crippen LogP) is 6.46. The molecule has 0 saturated heterocycles. The average Bonchev–Trinajstić information content (AvgIpc) is 2.63. The van der Waals surface area contributed by atoms with Crippen molar-refractivity contribution < 1.29 is 13.9 Å². The second-order valence-corrected chi connectivity index (χ2v) is 18.2. The van der Waals surface area contributed by atoms with Crippen LogP contribution in [-0.4, -0.2) is 30.6 Å². The van der Waals surface area contributed by atoms with Crippen LogP contribution in [0.25, 0.3) is 11.0 Å². The molecule has 0 aliphatic heterocycles. The molecule has 0 aliphatic rings. The number of benzene rings is 2. The van der Waals surface area contributed by atoms with Gasteiger partial charge in [-0.25, -0.2) is 0 Å². The van der Waals surface area contributed by atoms with Gasteiger partial charge in [0, 0.05) is 5.56 Å². The molecule has 0 spiro atoms. The fraction of sp³-hybridized carbons (Fsp3) is 0.348. The summed E-state index contributed by atoms with van der Waals surface area (Å²) in [6, 6.07) is 16.2. The van der Waals surface area contributed by atoms with Gasteiger partial charge in [-0.05, 0) is 66.8 Å². The van der Waals surface area contributed by atoms with Crippen molar-refractivity contribution in [2.24, 2.45) is 0 Å². The van der Waals surface area contributed by atoms with Gasteiger partial charge in [-0.2, -0.15) is 0 Å². The molecule has 0 unspecified atom stereocenters. The number of methoxy groups -OCH3 is 2. The zero-order valence-corrected chi connectivity index (χ0v) is 20.3. The van der Waals surface area contributed by atoms with E-state index in [0.29, 0.717) is 0 Å². The van der Waals surface area contributed by atoms with Gasteiger partial charge >= 0.3 is 0 Å². The first-order valence-corrected chi connectivity index (χ1v) is 16.4.